The van der Waals surface area contributed by atoms with E-state index < -0.39 is 11.6 Å². The maximum atomic E-state index is 5.98. The Morgan fingerprint density at radius 1 is 1.50 bits per heavy atom. The van der Waals surface area contributed by atoms with Gasteiger partial charge in [0.1, 0.15) is 6.10 Å². The normalized spacial score (nSPS) is 27.0. The van der Waals surface area contributed by atoms with Crippen LogP contribution in [-0.4, -0.2) is 44.0 Å². The van der Waals surface area contributed by atoms with Crippen LogP contribution >= 0.6 is 0 Å². The second-order valence-corrected chi connectivity index (χ2v) is 4.95. The number of hydrogen-bond donors (Lipinski definition) is 1. The molecule has 0 unspecified atom stereocenters. The molecule has 1 aliphatic rings. The molecule has 0 aromatic carbocycles. The highest BCUT2D eigenvalue weighted by molar-refractivity contribution is 4.80. The standard InChI is InChI=1S/C11H23NO4/c1-10(2,13-5)14-6-8(12)9-7-15-11(3,4)16-9/h8-9H,6-7,12H2,1-5H3/t8-,9-/m1/s1. The van der Waals surface area contributed by atoms with Crippen molar-refractivity contribution in [2.75, 3.05) is 20.3 Å². The number of hydrogen-bond acceptors (Lipinski definition) is 5. The van der Waals surface area contributed by atoms with Gasteiger partial charge in [-0.15, -0.1) is 0 Å². The van der Waals surface area contributed by atoms with E-state index in [0.29, 0.717) is 13.2 Å². The average Bonchev–Trinajstić information content (AvgIpc) is 2.55. The lowest BCUT2D eigenvalue weighted by Crippen LogP contribution is -2.44. The SMILES string of the molecule is COC(C)(C)OC[C@@H](N)[C@H]1COC(C)(C)O1. The average molecular weight is 233 g/mol. The highest BCUT2D eigenvalue weighted by Crippen LogP contribution is 2.24. The van der Waals surface area contributed by atoms with Crippen LogP contribution in [0, 0.1) is 0 Å². The van der Waals surface area contributed by atoms with Crippen LogP contribution in [0.1, 0.15) is 27.7 Å². The Hall–Kier alpha value is -0.200. The van der Waals surface area contributed by atoms with E-state index in [1.165, 1.54) is 0 Å². The van der Waals surface area contributed by atoms with E-state index in [2.05, 4.69) is 0 Å². The lowest BCUT2D eigenvalue weighted by molar-refractivity contribution is -0.204. The van der Waals surface area contributed by atoms with Gasteiger partial charge in [-0.1, -0.05) is 0 Å². The molecule has 0 spiro atoms. The molecule has 1 aliphatic heterocycles. The van der Waals surface area contributed by atoms with Crippen LogP contribution in [0.4, 0.5) is 0 Å². The first-order chi connectivity index (χ1) is 7.26. The molecule has 0 amide bonds. The van der Waals surface area contributed by atoms with E-state index in [-0.39, 0.29) is 12.1 Å². The number of rotatable bonds is 5. The zero-order valence-corrected chi connectivity index (χ0v) is 10.8. The van der Waals surface area contributed by atoms with Crippen molar-refractivity contribution in [3.8, 4) is 0 Å². The van der Waals surface area contributed by atoms with E-state index in [0.717, 1.165) is 0 Å². The molecule has 1 heterocycles. The van der Waals surface area contributed by atoms with Crippen molar-refractivity contribution < 1.29 is 18.9 Å². The van der Waals surface area contributed by atoms with Crippen molar-refractivity contribution in [1.29, 1.82) is 0 Å². The summed E-state index contributed by atoms with van der Waals surface area (Å²) in [4.78, 5) is 0. The van der Waals surface area contributed by atoms with Crippen LogP contribution in [-0.2, 0) is 18.9 Å². The number of ether oxygens (including phenoxy) is 4. The largest absolute Gasteiger partial charge is 0.354 e. The Labute approximate surface area is 97.2 Å². The van der Waals surface area contributed by atoms with Gasteiger partial charge in [-0.2, -0.15) is 0 Å². The summed E-state index contributed by atoms with van der Waals surface area (Å²) in [5.74, 6) is -1.16. The maximum absolute atomic E-state index is 5.98. The molecule has 1 rings (SSSR count). The minimum absolute atomic E-state index is 0.123. The van der Waals surface area contributed by atoms with Gasteiger partial charge in [0.25, 0.3) is 0 Å². The zero-order chi connectivity index (χ0) is 12.4. The summed E-state index contributed by atoms with van der Waals surface area (Å²) >= 11 is 0. The third-order valence-corrected chi connectivity index (χ3v) is 2.62. The fourth-order valence-corrected chi connectivity index (χ4v) is 1.39. The predicted octanol–water partition coefficient (Wildman–Crippen LogP) is 0.864. The molecular formula is C11H23NO4. The van der Waals surface area contributed by atoms with Gasteiger partial charge in [0.15, 0.2) is 11.6 Å². The minimum atomic E-state index is -0.618. The van der Waals surface area contributed by atoms with Crippen molar-refractivity contribution in [3.63, 3.8) is 0 Å². The molecule has 5 heteroatoms. The molecule has 0 aromatic heterocycles. The Kier molecular flexibility index (Phi) is 4.31. The molecule has 0 aromatic rings. The molecule has 5 nitrogen and oxygen atoms in total. The molecule has 2 atom stereocenters. The minimum Gasteiger partial charge on any atom is -0.354 e. The Bertz CT molecular complexity index is 230. The molecule has 0 saturated carbocycles. The lowest BCUT2D eigenvalue weighted by Gasteiger charge is -2.27. The lowest BCUT2D eigenvalue weighted by atomic mass is 10.2. The van der Waals surface area contributed by atoms with Crippen LogP contribution in [0.2, 0.25) is 0 Å². The first kappa shape index (κ1) is 13.9. The summed E-state index contributed by atoms with van der Waals surface area (Å²) in [6.45, 7) is 8.32. The molecule has 2 N–H and O–H groups in total. The maximum Gasteiger partial charge on any atom is 0.163 e. The van der Waals surface area contributed by atoms with Crippen LogP contribution < -0.4 is 5.73 Å². The third kappa shape index (κ3) is 3.99. The zero-order valence-electron chi connectivity index (χ0n) is 10.8. The quantitative estimate of drug-likeness (QED) is 0.714. The highest BCUT2D eigenvalue weighted by Gasteiger charge is 2.36. The van der Waals surface area contributed by atoms with Gasteiger partial charge in [-0.05, 0) is 27.7 Å². The van der Waals surface area contributed by atoms with E-state index in [9.17, 15) is 0 Å². The summed E-state index contributed by atoms with van der Waals surface area (Å²) in [7, 11) is 1.60. The van der Waals surface area contributed by atoms with Crippen LogP contribution in [0.3, 0.4) is 0 Å². The predicted molar refractivity (Wildman–Crippen MR) is 59.9 cm³/mol. The molecule has 1 saturated heterocycles. The Morgan fingerprint density at radius 3 is 2.56 bits per heavy atom. The smallest absolute Gasteiger partial charge is 0.163 e. The molecule has 0 radical (unpaired) electrons. The Morgan fingerprint density at radius 2 is 2.12 bits per heavy atom. The highest BCUT2D eigenvalue weighted by atomic mass is 16.7. The van der Waals surface area contributed by atoms with Crippen molar-refractivity contribution in [1.82, 2.24) is 0 Å². The van der Waals surface area contributed by atoms with E-state index in [1.807, 2.05) is 27.7 Å². The monoisotopic (exact) mass is 233 g/mol. The Balaban J connectivity index is 2.34. The number of methoxy groups -OCH3 is 1. The summed E-state index contributed by atoms with van der Waals surface area (Å²) in [6, 6.07) is -0.212. The van der Waals surface area contributed by atoms with E-state index in [4.69, 9.17) is 24.7 Å². The second-order valence-electron chi connectivity index (χ2n) is 4.95. The first-order valence-corrected chi connectivity index (χ1v) is 5.52. The second kappa shape index (κ2) is 4.98. The summed E-state index contributed by atoms with van der Waals surface area (Å²) in [5, 5.41) is 0. The fourth-order valence-electron chi connectivity index (χ4n) is 1.39. The first-order valence-electron chi connectivity index (χ1n) is 5.52. The molecule has 16 heavy (non-hydrogen) atoms. The van der Waals surface area contributed by atoms with Crippen LogP contribution in [0.5, 0.6) is 0 Å². The summed E-state index contributed by atoms with van der Waals surface area (Å²) in [5.41, 5.74) is 5.98. The van der Waals surface area contributed by atoms with E-state index in [1.54, 1.807) is 7.11 Å². The summed E-state index contributed by atoms with van der Waals surface area (Å²) in [6.07, 6.45) is -0.123. The van der Waals surface area contributed by atoms with Gasteiger partial charge >= 0.3 is 0 Å². The van der Waals surface area contributed by atoms with Crippen molar-refractivity contribution >= 4 is 0 Å². The topological polar surface area (TPSA) is 62.9 Å². The molecule has 96 valence electrons. The van der Waals surface area contributed by atoms with Gasteiger partial charge in [-0.25, -0.2) is 0 Å². The van der Waals surface area contributed by atoms with Gasteiger partial charge in [0.05, 0.1) is 19.3 Å². The summed E-state index contributed by atoms with van der Waals surface area (Å²) < 4.78 is 21.8. The van der Waals surface area contributed by atoms with Crippen molar-refractivity contribution in [2.24, 2.45) is 5.73 Å². The third-order valence-electron chi connectivity index (χ3n) is 2.62. The van der Waals surface area contributed by atoms with Gasteiger partial charge < -0.3 is 24.7 Å². The molecule has 0 bridgehead atoms. The molecule has 0 aliphatic carbocycles. The van der Waals surface area contributed by atoms with Crippen molar-refractivity contribution in [3.05, 3.63) is 0 Å². The van der Waals surface area contributed by atoms with E-state index >= 15 is 0 Å². The van der Waals surface area contributed by atoms with Gasteiger partial charge in [0.2, 0.25) is 0 Å². The molecule has 1 fully saturated rings. The fraction of sp³-hybridized carbons (Fsp3) is 1.00. The van der Waals surface area contributed by atoms with Gasteiger partial charge in [0, 0.05) is 7.11 Å². The van der Waals surface area contributed by atoms with Crippen LogP contribution in [0.25, 0.3) is 0 Å². The molecular weight excluding hydrogens is 210 g/mol. The van der Waals surface area contributed by atoms with Crippen molar-refractivity contribution in [2.45, 2.75) is 51.4 Å². The van der Waals surface area contributed by atoms with Gasteiger partial charge in [-0.3, -0.25) is 0 Å². The number of nitrogens with two attached hydrogens (primary N) is 1. The van der Waals surface area contributed by atoms with Crippen LogP contribution in [0.15, 0.2) is 0 Å².